The molecule has 0 aliphatic rings. The normalized spacial score (nSPS) is 11.6. The van der Waals surface area contributed by atoms with Crippen molar-refractivity contribution in [1.82, 2.24) is 19.4 Å². The molecule has 0 atom stereocenters. The van der Waals surface area contributed by atoms with Gasteiger partial charge >= 0.3 is 22.2 Å². The molecule has 90 valence electrons. The first-order valence-corrected chi connectivity index (χ1v) is 4.51. The Labute approximate surface area is 94.2 Å². The van der Waals surface area contributed by atoms with Crippen molar-refractivity contribution in [3.63, 3.8) is 0 Å². The van der Waals surface area contributed by atoms with E-state index < -0.39 is 44.3 Å². The van der Waals surface area contributed by atoms with Crippen molar-refractivity contribution in [2.75, 3.05) is 0 Å². The van der Waals surface area contributed by atoms with E-state index in [1.54, 1.807) is 0 Å². The molecule has 18 heavy (non-hydrogen) atoms. The predicted octanol–water partition coefficient (Wildman–Crippen LogP) is -2.82. The Morgan fingerprint density at radius 1 is 0.611 bits per heavy atom. The fraction of sp³-hybridized carbons (Fsp3) is 0. The summed E-state index contributed by atoms with van der Waals surface area (Å²) in [4.78, 5) is 52.4. The number of rotatable bonds is 0. The van der Waals surface area contributed by atoms with Gasteiger partial charge in [-0.25, -0.2) is 9.97 Å². The molecule has 0 aromatic carbocycles. The lowest BCUT2D eigenvalue weighted by Crippen LogP contribution is -2.23. The summed E-state index contributed by atoms with van der Waals surface area (Å²) in [5.41, 5.74) is -6.78. The Balaban J connectivity index is 2.78. The monoisotopic (exact) mass is 250 g/mol. The lowest BCUT2D eigenvalue weighted by Gasteiger charge is -1.84. The summed E-state index contributed by atoms with van der Waals surface area (Å²) in [6, 6.07) is 0. The topological polar surface area (TPSA) is 144 Å². The van der Waals surface area contributed by atoms with Gasteiger partial charge in [0, 0.05) is 0 Å². The molecule has 0 bridgehead atoms. The van der Waals surface area contributed by atoms with E-state index in [1.807, 2.05) is 0 Å². The van der Waals surface area contributed by atoms with Gasteiger partial charge in [-0.2, -0.15) is 0 Å². The zero-order valence-corrected chi connectivity index (χ0v) is 8.32. The standard InChI is InChI=1S/C8H2N4O6/c13-5-1-2(6(14)11(5)17)10-4-3(9-1)7(15)12(18)8(4)16/h17-18H. The number of nitrogens with zero attached hydrogens (tertiary/aromatic N) is 4. The van der Waals surface area contributed by atoms with Gasteiger partial charge in [0.15, 0.2) is 22.1 Å². The summed E-state index contributed by atoms with van der Waals surface area (Å²) in [5, 5.41) is 18.1. The van der Waals surface area contributed by atoms with Crippen LogP contribution in [0.15, 0.2) is 19.2 Å². The van der Waals surface area contributed by atoms with E-state index in [0.29, 0.717) is 0 Å². The first-order chi connectivity index (χ1) is 8.43. The lowest BCUT2D eigenvalue weighted by atomic mass is 10.4. The summed E-state index contributed by atoms with van der Waals surface area (Å²) < 4.78 is -0.434. The molecular formula is C8H2N4O6. The van der Waals surface area contributed by atoms with Crippen molar-refractivity contribution in [2.45, 2.75) is 0 Å². The fourth-order valence-corrected chi connectivity index (χ4v) is 1.62. The van der Waals surface area contributed by atoms with Crippen molar-refractivity contribution < 1.29 is 10.4 Å². The van der Waals surface area contributed by atoms with Crippen molar-refractivity contribution in [3.8, 4) is 0 Å². The molecular weight excluding hydrogens is 248 g/mol. The van der Waals surface area contributed by atoms with Crippen LogP contribution >= 0.6 is 0 Å². The van der Waals surface area contributed by atoms with Crippen LogP contribution in [0.3, 0.4) is 0 Å². The summed E-state index contributed by atoms with van der Waals surface area (Å²) >= 11 is 0. The quantitative estimate of drug-likeness (QED) is 0.406. The summed E-state index contributed by atoms with van der Waals surface area (Å²) in [6.07, 6.45) is 0. The van der Waals surface area contributed by atoms with Crippen LogP contribution in [-0.2, 0) is 0 Å². The molecule has 0 radical (unpaired) electrons. The van der Waals surface area contributed by atoms with E-state index in [9.17, 15) is 19.2 Å². The van der Waals surface area contributed by atoms with Crippen LogP contribution in [0.25, 0.3) is 22.1 Å². The minimum absolute atomic E-state index is 0.217. The molecule has 3 aromatic rings. The number of hydrogen-bond donors (Lipinski definition) is 2. The van der Waals surface area contributed by atoms with E-state index in [-0.39, 0.29) is 9.46 Å². The van der Waals surface area contributed by atoms with Gasteiger partial charge in [-0.3, -0.25) is 19.2 Å². The molecule has 0 unspecified atom stereocenters. The Bertz CT molecular complexity index is 860. The largest absolute Gasteiger partial charge is 0.422 e. The second kappa shape index (κ2) is 2.80. The third-order valence-corrected chi connectivity index (χ3v) is 2.48. The summed E-state index contributed by atoms with van der Waals surface area (Å²) in [5.74, 6) is 0. The van der Waals surface area contributed by atoms with Crippen LogP contribution in [0.5, 0.6) is 0 Å². The van der Waals surface area contributed by atoms with Crippen LogP contribution in [0.2, 0.25) is 0 Å². The average molecular weight is 250 g/mol. The molecule has 0 aliphatic carbocycles. The minimum Gasteiger partial charge on any atom is -0.422 e. The molecule has 0 aliphatic heterocycles. The molecule has 3 heterocycles. The smallest absolute Gasteiger partial charge is 0.314 e. The maximum atomic E-state index is 11.4. The van der Waals surface area contributed by atoms with Gasteiger partial charge in [-0.1, -0.05) is 0 Å². The van der Waals surface area contributed by atoms with Crippen molar-refractivity contribution >= 4 is 22.1 Å². The second-order valence-corrected chi connectivity index (χ2v) is 3.46. The van der Waals surface area contributed by atoms with Crippen molar-refractivity contribution in [1.29, 1.82) is 0 Å². The predicted molar refractivity (Wildman–Crippen MR) is 54.8 cm³/mol. The van der Waals surface area contributed by atoms with Gasteiger partial charge < -0.3 is 10.4 Å². The molecule has 3 rings (SSSR count). The van der Waals surface area contributed by atoms with E-state index in [2.05, 4.69) is 9.97 Å². The Morgan fingerprint density at radius 2 is 0.833 bits per heavy atom. The van der Waals surface area contributed by atoms with Gasteiger partial charge in [0.25, 0.3) is 0 Å². The average Bonchev–Trinajstić information content (AvgIpc) is 2.71. The molecule has 3 aromatic heterocycles. The number of hydrogen-bond acceptors (Lipinski definition) is 8. The van der Waals surface area contributed by atoms with Gasteiger partial charge in [0.05, 0.1) is 0 Å². The summed E-state index contributed by atoms with van der Waals surface area (Å²) in [7, 11) is 0. The molecule has 2 N–H and O–H groups in total. The Hall–Kier alpha value is -3.04. The molecule has 0 spiro atoms. The van der Waals surface area contributed by atoms with Crippen LogP contribution in [0, 0.1) is 0 Å². The van der Waals surface area contributed by atoms with Crippen molar-refractivity contribution in [3.05, 3.63) is 41.4 Å². The first-order valence-electron chi connectivity index (χ1n) is 4.51. The molecule has 0 saturated carbocycles. The van der Waals surface area contributed by atoms with Crippen LogP contribution in [0.4, 0.5) is 0 Å². The van der Waals surface area contributed by atoms with Gasteiger partial charge in [-0.15, -0.1) is 9.46 Å². The van der Waals surface area contributed by atoms with E-state index in [0.717, 1.165) is 0 Å². The zero-order chi connectivity index (χ0) is 13.2. The summed E-state index contributed by atoms with van der Waals surface area (Å²) in [6.45, 7) is 0. The minimum atomic E-state index is -1.15. The van der Waals surface area contributed by atoms with Gasteiger partial charge in [0.1, 0.15) is 0 Å². The van der Waals surface area contributed by atoms with E-state index in [4.69, 9.17) is 10.4 Å². The number of fused-ring (bicyclic) bond motifs is 2. The van der Waals surface area contributed by atoms with Gasteiger partial charge in [0.2, 0.25) is 0 Å². The third kappa shape index (κ3) is 0.917. The van der Waals surface area contributed by atoms with Crippen molar-refractivity contribution in [2.24, 2.45) is 0 Å². The molecule has 0 amide bonds. The highest BCUT2D eigenvalue weighted by atomic mass is 16.5. The highest BCUT2D eigenvalue weighted by Crippen LogP contribution is 2.04. The highest BCUT2D eigenvalue weighted by molar-refractivity contribution is 5.85. The fourth-order valence-electron chi connectivity index (χ4n) is 1.62. The SMILES string of the molecule is O=c1c2nc3c(=O)n(O)c(=O)c3nc2c(=O)n1O. The van der Waals surface area contributed by atoms with Crippen LogP contribution in [-0.4, -0.2) is 29.8 Å². The molecule has 10 nitrogen and oxygen atoms in total. The van der Waals surface area contributed by atoms with Crippen LogP contribution in [0.1, 0.15) is 0 Å². The first kappa shape index (κ1) is 10.1. The van der Waals surface area contributed by atoms with Crippen LogP contribution < -0.4 is 22.2 Å². The molecule has 0 fully saturated rings. The maximum Gasteiger partial charge on any atom is 0.314 e. The lowest BCUT2D eigenvalue weighted by molar-refractivity contribution is 0.170. The van der Waals surface area contributed by atoms with E-state index >= 15 is 0 Å². The zero-order valence-electron chi connectivity index (χ0n) is 8.32. The Kier molecular flexibility index (Phi) is 1.57. The Morgan fingerprint density at radius 3 is 1.06 bits per heavy atom. The second-order valence-electron chi connectivity index (χ2n) is 3.46. The molecule has 10 heteroatoms. The number of aromatic nitrogens is 4. The maximum absolute atomic E-state index is 11.4. The highest BCUT2D eigenvalue weighted by Gasteiger charge is 2.21. The third-order valence-electron chi connectivity index (χ3n) is 2.48. The molecule has 0 saturated heterocycles. The van der Waals surface area contributed by atoms with E-state index in [1.165, 1.54) is 0 Å². The van der Waals surface area contributed by atoms with Gasteiger partial charge in [-0.05, 0) is 0 Å².